The number of ether oxygens (including phenoxy) is 2. The minimum atomic E-state index is -1.18. The molecule has 1 N–H and O–H groups in total. The zero-order chi connectivity index (χ0) is 38.2. The smallest absolute Gasteiger partial charge is 0.310 e. The summed E-state index contributed by atoms with van der Waals surface area (Å²) in [5.41, 5.74) is 3.03. The summed E-state index contributed by atoms with van der Waals surface area (Å²) in [5.74, 6) is -2.84. The van der Waals surface area contributed by atoms with Crippen LogP contribution in [0, 0.1) is 47.3 Å². The van der Waals surface area contributed by atoms with E-state index < -0.39 is 40.7 Å². The van der Waals surface area contributed by atoms with Gasteiger partial charge in [-0.15, -0.1) is 6.58 Å². The van der Waals surface area contributed by atoms with Crippen molar-refractivity contribution in [3.05, 3.63) is 71.8 Å². The van der Waals surface area contributed by atoms with Gasteiger partial charge in [-0.2, -0.15) is 0 Å². The van der Waals surface area contributed by atoms with Crippen molar-refractivity contribution in [1.82, 2.24) is 0 Å². The summed E-state index contributed by atoms with van der Waals surface area (Å²) in [6.45, 7) is 16.2. The number of allylic oxidation sites excluding steroid dienone is 5. The maximum Gasteiger partial charge on any atom is 0.310 e. The van der Waals surface area contributed by atoms with Crippen LogP contribution in [-0.4, -0.2) is 40.8 Å². The topological polar surface area (TPSA) is 107 Å². The fourth-order valence-corrected chi connectivity index (χ4v) is 9.26. The van der Waals surface area contributed by atoms with Crippen LogP contribution in [0.3, 0.4) is 0 Å². The van der Waals surface area contributed by atoms with Gasteiger partial charge in [-0.3, -0.25) is 19.2 Å². The fraction of sp³-hybridized carbons (Fsp3) is 0.565. The number of benzene rings is 2. The molecule has 0 spiro atoms. The van der Waals surface area contributed by atoms with E-state index in [9.17, 15) is 24.3 Å². The molecule has 6 atom stereocenters. The van der Waals surface area contributed by atoms with Crippen LogP contribution in [0.1, 0.15) is 116 Å². The van der Waals surface area contributed by atoms with E-state index in [1.165, 1.54) is 11.1 Å². The highest BCUT2D eigenvalue weighted by Crippen LogP contribution is 2.57. The highest BCUT2D eigenvalue weighted by Gasteiger charge is 2.61. The van der Waals surface area contributed by atoms with Crippen molar-refractivity contribution in [1.29, 1.82) is 0 Å². The number of rotatable bonds is 15. The summed E-state index contributed by atoms with van der Waals surface area (Å²) in [6, 6.07) is 10.5. The molecule has 0 aromatic heterocycles. The number of ketones is 2. The number of carbonyl (C=O) groups excluding carboxylic acids is 3. The summed E-state index contributed by atoms with van der Waals surface area (Å²) in [4.78, 5) is 54.7. The second-order valence-electron chi connectivity index (χ2n) is 17.9. The average Bonchev–Trinajstić information content (AvgIpc) is 3.50. The van der Waals surface area contributed by atoms with Gasteiger partial charge in [-0.1, -0.05) is 76.6 Å². The van der Waals surface area contributed by atoms with Crippen molar-refractivity contribution in [3.63, 3.8) is 0 Å². The minimum absolute atomic E-state index is 0.0489. The zero-order valence-corrected chi connectivity index (χ0v) is 32.5. The third kappa shape index (κ3) is 8.39. The van der Waals surface area contributed by atoms with E-state index in [-0.39, 0.29) is 42.4 Å². The molecule has 2 aromatic carbocycles. The summed E-state index contributed by atoms with van der Waals surface area (Å²) < 4.78 is 12.7. The molecule has 7 heteroatoms. The highest BCUT2D eigenvalue weighted by atomic mass is 16.5. The molecule has 2 aromatic rings. The number of carbonyl (C=O) groups is 4. The average molecular weight is 723 g/mol. The summed E-state index contributed by atoms with van der Waals surface area (Å²) >= 11 is 0. The summed E-state index contributed by atoms with van der Waals surface area (Å²) in [5, 5.41) is 12.2. The summed E-state index contributed by atoms with van der Waals surface area (Å²) in [7, 11) is 0. The van der Waals surface area contributed by atoms with Gasteiger partial charge in [0, 0.05) is 29.6 Å². The van der Waals surface area contributed by atoms with Gasteiger partial charge in [0.2, 0.25) is 0 Å². The molecule has 0 amide bonds. The second-order valence-corrected chi connectivity index (χ2v) is 17.9. The Bertz CT molecular complexity index is 1830. The Balaban J connectivity index is 1.31. The van der Waals surface area contributed by atoms with Crippen LogP contribution in [-0.2, 0) is 23.9 Å². The van der Waals surface area contributed by atoms with Crippen molar-refractivity contribution in [2.45, 2.75) is 124 Å². The van der Waals surface area contributed by atoms with E-state index >= 15 is 0 Å². The van der Waals surface area contributed by atoms with Gasteiger partial charge in [0.05, 0.1) is 11.8 Å². The van der Waals surface area contributed by atoms with Crippen LogP contribution >= 0.6 is 0 Å². The summed E-state index contributed by atoms with van der Waals surface area (Å²) in [6.07, 6.45) is 12.1. The van der Waals surface area contributed by atoms with Gasteiger partial charge in [0.25, 0.3) is 0 Å². The van der Waals surface area contributed by atoms with Crippen molar-refractivity contribution in [3.8, 4) is 5.75 Å². The first-order valence-electron chi connectivity index (χ1n) is 19.8. The minimum Gasteiger partial charge on any atom is -0.490 e. The zero-order valence-electron chi connectivity index (χ0n) is 32.5. The predicted octanol–water partition coefficient (Wildman–Crippen LogP) is 10.0. The number of carboxylic acid groups (broad SMARTS) is 1. The maximum atomic E-state index is 14.7. The van der Waals surface area contributed by atoms with Crippen LogP contribution in [0.4, 0.5) is 0 Å². The molecule has 53 heavy (non-hydrogen) atoms. The SMILES string of the molecule is C=CC1CC1(CC(=O)C1CC(Oc2cc(C3=CCC(CC(C)C)=C3)cc3c(C)cccc23)CC1C(=O)C(CC(=O)OC1CCCC1)C(C)(C)C)C(=O)O. The fourth-order valence-electron chi connectivity index (χ4n) is 9.26. The molecule has 6 unspecified atom stereocenters. The first-order chi connectivity index (χ1) is 25.1. The van der Waals surface area contributed by atoms with Gasteiger partial charge in [-0.25, -0.2) is 0 Å². The number of fused-ring (bicyclic) bond motifs is 1. The molecule has 7 nitrogen and oxygen atoms in total. The van der Waals surface area contributed by atoms with Gasteiger partial charge >= 0.3 is 11.9 Å². The number of aryl methyl sites for hydroxylation is 1. The Kier molecular flexibility index (Phi) is 11.2. The van der Waals surface area contributed by atoms with E-state index in [0.717, 1.165) is 60.4 Å². The van der Waals surface area contributed by atoms with Crippen LogP contribution in [0.25, 0.3) is 16.3 Å². The molecule has 3 saturated carbocycles. The van der Waals surface area contributed by atoms with E-state index in [4.69, 9.17) is 9.47 Å². The molecular weight excluding hydrogens is 664 g/mol. The van der Waals surface area contributed by atoms with Crippen molar-refractivity contribution >= 4 is 39.9 Å². The lowest BCUT2D eigenvalue weighted by atomic mass is 9.70. The Morgan fingerprint density at radius 1 is 1.02 bits per heavy atom. The van der Waals surface area contributed by atoms with E-state index in [2.05, 4.69) is 63.8 Å². The van der Waals surface area contributed by atoms with Crippen LogP contribution in [0.2, 0.25) is 0 Å². The van der Waals surface area contributed by atoms with Gasteiger partial charge < -0.3 is 14.6 Å². The molecule has 4 aliphatic carbocycles. The van der Waals surface area contributed by atoms with Crippen molar-refractivity contribution in [2.75, 3.05) is 0 Å². The van der Waals surface area contributed by atoms with Crippen LogP contribution < -0.4 is 4.74 Å². The lowest BCUT2D eigenvalue weighted by Gasteiger charge is -2.32. The molecule has 3 fully saturated rings. The maximum absolute atomic E-state index is 14.7. The monoisotopic (exact) mass is 722 g/mol. The number of esters is 1. The molecule has 0 bridgehead atoms. The number of Topliss-reactive ketones (excluding diaryl/α,β-unsaturated/α-hetero) is 2. The van der Waals surface area contributed by atoms with Gasteiger partial charge in [0.15, 0.2) is 0 Å². The Hall–Kier alpha value is -4.00. The first-order valence-corrected chi connectivity index (χ1v) is 19.8. The Labute approximate surface area is 315 Å². The number of carboxylic acids is 1. The lowest BCUT2D eigenvalue weighted by Crippen LogP contribution is -2.39. The number of hydrogen-bond donors (Lipinski definition) is 1. The third-order valence-corrected chi connectivity index (χ3v) is 12.4. The number of aliphatic carboxylic acids is 1. The standard InChI is InChI=1S/C46H58O7/c1-8-32-25-46(32,44(50)51)26-40(47)37-22-34(23-38(37)43(49)39(45(5,6)7)24-42(48)53-33-13-9-10-14-33)52-41-21-31(20-36-28(4)12-11-15-35(36)41)30-17-16-29(19-30)18-27(2)3/h8,11-12,15,17,19-21,27,32-34,37-39H,1,9-10,13-14,16,18,22-26H2,2-7H3,(H,50,51). The van der Waals surface area contributed by atoms with E-state index in [1.807, 2.05) is 26.8 Å². The molecular formula is C46H58O7. The molecule has 0 radical (unpaired) electrons. The largest absolute Gasteiger partial charge is 0.490 e. The highest BCUT2D eigenvalue weighted by molar-refractivity contribution is 5.97. The Morgan fingerprint density at radius 2 is 1.74 bits per heavy atom. The molecule has 284 valence electrons. The molecule has 0 heterocycles. The number of hydrogen-bond acceptors (Lipinski definition) is 6. The normalized spacial score (nSPS) is 26.3. The lowest BCUT2D eigenvalue weighted by molar-refractivity contribution is -0.154. The van der Waals surface area contributed by atoms with Crippen molar-refractivity contribution in [2.24, 2.45) is 40.4 Å². The third-order valence-electron chi connectivity index (χ3n) is 12.4. The van der Waals surface area contributed by atoms with Crippen molar-refractivity contribution < 1.29 is 33.8 Å². The predicted molar refractivity (Wildman–Crippen MR) is 208 cm³/mol. The van der Waals surface area contributed by atoms with Crippen LogP contribution in [0.15, 0.2) is 60.7 Å². The quantitative estimate of drug-likeness (QED) is 0.144. The van der Waals surface area contributed by atoms with E-state index in [1.54, 1.807) is 6.08 Å². The second kappa shape index (κ2) is 15.4. The molecule has 4 aliphatic rings. The molecule has 0 aliphatic heterocycles. The van der Waals surface area contributed by atoms with Gasteiger partial charge in [0.1, 0.15) is 29.5 Å². The van der Waals surface area contributed by atoms with E-state index in [0.29, 0.717) is 30.9 Å². The Morgan fingerprint density at radius 3 is 2.38 bits per heavy atom. The van der Waals surface area contributed by atoms with Gasteiger partial charge in [-0.05, 0) is 116 Å². The molecule has 6 rings (SSSR count). The molecule has 0 saturated heterocycles. The van der Waals surface area contributed by atoms with Crippen LogP contribution in [0.5, 0.6) is 5.75 Å². The first kappa shape index (κ1) is 38.7.